The molecule has 0 fully saturated rings. The van der Waals surface area contributed by atoms with Crippen LogP contribution in [0.3, 0.4) is 0 Å². The van der Waals surface area contributed by atoms with Crippen molar-refractivity contribution in [2.75, 3.05) is 11.9 Å². The Morgan fingerprint density at radius 2 is 2.10 bits per heavy atom. The van der Waals surface area contributed by atoms with Crippen LogP contribution in [0.2, 0.25) is 0 Å². The largest absolute Gasteiger partial charge is 0.351 e. The number of anilines is 2. The van der Waals surface area contributed by atoms with E-state index >= 15 is 0 Å². The molecule has 0 saturated heterocycles. The fraction of sp³-hybridized carbons (Fsp3) is 0.267. The first kappa shape index (κ1) is 15.4. The van der Waals surface area contributed by atoms with E-state index in [1.54, 1.807) is 6.07 Å². The number of amides is 1. The maximum absolute atomic E-state index is 11.9. The Kier molecular flexibility index (Phi) is 5.27. The van der Waals surface area contributed by atoms with Gasteiger partial charge in [-0.2, -0.15) is 0 Å². The lowest BCUT2D eigenvalue weighted by molar-refractivity contribution is 0.0948. The molecule has 1 aromatic carbocycles. The van der Waals surface area contributed by atoms with Crippen LogP contribution < -0.4 is 10.6 Å². The fourth-order valence-corrected chi connectivity index (χ4v) is 2.08. The van der Waals surface area contributed by atoms with E-state index in [1.165, 1.54) is 6.33 Å². The Bertz CT molecular complexity index is 645. The van der Waals surface area contributed by atoms with Crippen LogP contribution in [0.4, 0.5) is 11.5 Å². The average Bonchev–Trinajstić information content (AvgIpc) is 2.49. The van der Waals surface area contributed by atoms with E-state index in [-0.39, 0.29) is 5.91 Å². The van der Waals surface area contributed by atoms with Crippen LogP contribution >= 0.6 is 15.9 Å². The second-order valence-corrected chi connectivity index (χ2v) is 5.49. The van der Waals surface area contributed by atoms with Gasteiger partial charge in [-0.1, -0.05) is 28.9 Å². The summed E-state index contributed by atoms with van der Waals surface area (Å²) in [5.74, 6) is 0.398. The van der Waals surface area contributed by atoms with Gasteiger partial charge in [0.25, 0.3) is 5.91 Å². The van der Waals surface area contributed by atoms with Crippen molar-refractivity contribution in [3.05, 3.63) is 46.3 Å². The summed E-state index contributed by atoms with van der Waals surface area (Å²) in [7, 11) is 0. The van der Waals surface area contributed by atoms with E-state index in [0.29, 0.717) is 18.1 Å². The van der Waals surface area contributed by atoms with Crippen molar-refractivity contribution in [1.29, 1.82) is 0 Å². The van der Waals surface area contributed by atoms with Crippen molar-refractivity contribution < 1.29 is 4.79 Å². The summed E-state index contributed by atoms with van der Waals surface area (Å²) in [6.07, 6.45) is 2.27. The Morgan fingerprint density at radius 3 is 2.81 bits per heavy atom. The minimum absolute atomic E-state index is 0.188. The number of aryl methyl sites for hydroxylation is 1. The van der Waals surface area contributed by atoms with Gasteiger partial charge in [-0.05, 0) is 31.0 Å². The molecule has 2 aromatic rings. The monoisotopic (exact) mass is 348 g/mol. The molecule has 2 N–H and O–H groups in total. The van der Waals surface area contributed by atoms with Gasteiger partial charge in [-0.3, -0.25) is 4.79 Å². The molecular weight excluding hydrogens is 332 g/mol. The number of carbonyl (C=O) groups is 1. The molecule has 110 valence electrons. The predicted octanol–water partition coefficient (Wildman–Crippen LogP) is 3.43. The summed E-state index contributed by atoms with van der Waals surface area (Å²) in [5.41, 5.74) is 2.40. The summed E-state index contributed by atoms with van der Waals surface area (Å²) in [6, 6.07) is 7.56. The molecule has 1 amide bonds. The molecule has 0 atom stereocenters. The van der Waals surface area contributed by atoms with Crippen LogP contribution in [0, 0.1) is 6.92 Å². The second-order valence-electron chi connectivity index (χ2n) is 4.63. The number of benzene rings is 1. The lowest BCUT2D eigenvalue weighted by Gasteiger charge is -2.08. The van der Waals surface area contributed by atoms with Gasteiger partial charge in [0, 0.05) is 22.8 Å². The molecule has 0 aliphatic carbocycles. The summed E-state index contributed by atoms with van der Waals surface area (Å²) in [6.45, 7) is 4.66. The zero-order chi connectivity index (χ0) is 15.2. The number of carbonyl (C=O) groups excluding carboxylic acids is 1. The normalized spacial score (nSPS) is 10.2. The van der Waals surface area contributed by atoms with E-state index in [0.717, 1.165) is 22.1 Å². The van der Waals surface area contributed by atoms with E-state index in [1.807, 2.05) is 32.0 Å². The highest BCUT2D eigenvalue weighted by Crippen LogP contribution is 2.22. The first-order chi connectivity index (χ1) is 10.1. The van der Waals surface area contributed by atoms with Crippen LogP contribution in [0.1, 0.15) is 29.4 Å². The van der Waals surface area contributed by atoms with Gasteiger partial charge < -0.3 is 10.6 Å². The lowest BCUT2D eigenvalue weighted by Crippen LogP contribution is -2.25. The third-order valence-corrected chi connectivity index (χ3v) is 3.73. The van der Waals surface area contributed by atoms with Crippen LogP contribution in [0.25, 0.3) is 0 Å². The zero-order valence-corrected chi connectivity index (χ0v) is 13.6. The molecule has 6 heteroatoms. The summed E-state index contributed by atoms with van der Waals surface area (Å²) in [5, 5.41) is 5.95. The number of nitrogens with zero attached hydrogens (tertiary/aromatic N) is 2. The summed E-state index contributed by atoms with van der Waals surface area (Å²) in [4.78, 5) is 20.0. The third kappa shape index (κ3) is 4.26. The van der Waals surface area contributed by atoms with Gasteiger partial charge in [0.1, 0.15) is 17.8 Å². The highest BCUT2D eigenvalue weighted by Gasteiger charge is 2.08. The minimum atomic E-state index is -0.188. The smallest absolute Gasteiger partial charge is 0.270 e. The number of hydrogen-bond donors (Lipinski definition) is 2. The second kappa shape index (κ2) is 7.17. The summed E-state index contributed by atoms with van der Waals surface area (Å²) < 4.78 is 1.02. The van der Waals surface area contributed by atoms with E-state index < -0.39 is 0 Å². The van der Waals surface area contributed by atoms with Crippen LogP contribution in [0.5, 0.6) is 0 Å². The maximum atomic E-state index is 11.9. The Morgan fingerprint density at radius 1 is 1.29 bits per heavy atom. The number of rotatable bonds is 5. The molecule has 0 radical (unpaired) electrons. The quantitative estimate of drug-likeness (QED) is 0.868. The van der Waals surface area contributed by atoms with E-state index in [2.05, 4.69) is 36.5 Å². The van der Waals surface area contributed by atoms with Gasteiger partial charge in [-0.15, -0.1) is 0 Å². The molecule has 0 aliphatic rings. The molecule has 0 saturated carbocycles. The minimum Gasteiger partial charge on any atom is -0.351 e. The van der Waals surface area contributed by atoms with Crippen LogP contribution in [0.15, 0.2) is 35.1 Å². The fourth-order valence-electron chi connectivity index (χ4n) is 1.70. The van der Waals surface area contributed by atoms with Gasteiger partial charge in [0.05, 0.1) is 0 Å². The Balaban J connectivity index is 2.13. The predicted molar refractivity (Wildman–Crippen MR) is 86.8 cm³/mol. The van der Waals surface area contributed by atoms with Crippen molar-refractivity contribution in [2.24, 2.45) is 0 Å². The van der Waals surface area contributed by atoms with E-state index in [9.17, 15) is 4.79 Å². The van der Waals surface area contributed by atoms with Crippen molar-refractivity contribution in [2.45, 2.75) is 20.3 Å². The SMILES string of the molecule is CCCNC(=O)c1cc(Nc2ccc(C)c(Br)c2)ncn1. The number of halogens is 1. The molecule has 0 spiro atoms. The molecule has 1 aromatic heterocycles. The van der Waals surface area contributed by atoms with Crippen molar-refractivity contribution >= 4 is 33.3 Å². The molecule has 0 unspecified atom stereocenters. The molecule has 1 heterocycles. The molecule has 0 aliphatic heterocycles. The average molecular weight is 349 g/mol. The van der Waals surface area contributed by atoms with Gasteiger partial charge in [0.2, 0.25) is 0 Å². The van der Waals surface area contributed by atoms with Crippen molar-refractivity contribution in [1.82, 2.24) is 15.3 Å². The molecule has 5 nitrogen and oxygen atoms in total. The summed E-state index contributed by atoms with van der Waals surface area (Å²) >= 11 is 3.49. The van der Waals surface area contributed by atoms with Gasteiger partial charge >= 0.3 is 0 Å². The van der Waals surface area contributed by atoms with Crippen molar-refractivity contribution in [3.8, 4) is 0 Å². The van der Waals surface area contributed by atoms with Gasteiger partial charge in [-0.25, -0.2) is 9.97 Å². The van der Waals surface area contributed by atoms with E-state index in [4.69, 9.17) is 0 Å². The van der Waals surface area contributed by atoms with Crippen molar-refractivity contribution in [3.63, 3.8) is 0 Å². The first-order valence-corrected chi connectivity index (χ1v) is 7.53. The molecule has 0 bridgehead atoms. The Labute approximate surface area is 132 Å². The first-order valence-electron chi connectivity index (χ1n) is 6.73. The molecular formula is C15H17BrN4O. The maximum Gasteiger partial charge on any atom is 0.270 e. The third-order valence-electron chi connectivity index (χ3n) is 2.88. The molecule has 21 heavy (non-hydrogen) atoms. The number of hydrogen-bond acceptors (Lipinski definition) is 4. The molecule has 2 rings (SSSR count). The van der Waals surface area contributed by atoms with Crippen LogP contribution in [-0.4, -0.2) is 22.4 Å². The Hall–Kier alpha value is -1.95. The van der Waals surface area contributed by atoms with Gasteiger partial charge in [0.15, 0.2) is 0 Å². The number of aromatic nitrogens is 2. The lowest BCUT2D eigenvalue weighted by atomic mass is 10.2. The highest BCUT2D eigenvalue weighted by atomic mass is 79.9. The zero-order valence-electron chi connectivity index (χ0n) is 12.0. The topological polar surface area (TPSA) is 66.9 Å². The van der Waals surface area contributed by atoms with Crippen LogP contribution in [-0.2, 0) is 0 Å². The number of nitrogens with one attached hydrogen (secondary N) is 2. The standard InChI is InChI=1S/C15H17BrN4O/c1-3-6-17-15(21)13-8-14(19-9-18-13)20-11-5-4-10(2)12(16)7-11/h4-5,7-9H,3,6H2,1-2H3,(H,17,21)(H,18,19,20). The highest BCUT2D eigenvalue weighted by molar-refractivity contribution is 9.10.